The van der Waals surface area contributed by atoms with Crippen molar-refractivity contribution in [1.29, 1.82) is 0 Å². The molecule has 0 saturated carbocycles. The Morgan fingerprint density at radius 1 is 1.05 bits per heavy atom. The molecule has 1 aliphatic rings. The molecule has 1 heterocycles. The number of hydrogen-bond acceptors (Lipinski definition) is 2. The lowest BCUT2D eigenvalue weighted by Crippen LogP contribution is -2.19. The van der Waals surface area contributed by atoms with Crippen molar-refractivity contribution in [2.45, 2.75) is 0 Å². The SMILES string of the molecule is CN1/C(=C/C(=O)c2ccc(Cl)cc2)C=Cc2ccccc21. The maximum atomic E-state index is 12.3. The lowest BCUT2D eigenvalue weighted by Gasteiger charge is -2.26. The molecule has 104 valence electrons. The fourth-order valence-electron chi connectivity index (χ4n) is 2.34. The molecular formula is C18H14ClNO. The van der Waals surface area contributed by atoms with Gasteiger partial charge in [-0.1, -0.05) is 35.9 Å². The summed E-state index contributed by atoms with van der Waals surface area (Å²) in [5.41, 5.74) is 3.74. The maximum Gasteiger partial charge on any atom is 0.187 e. The van der Waals surface area contributed by atoms with Crippen LogP contribution in [0.2, 0.25) is 5.02 Å². The van der Waals surface area contributed by atoms with Gasteiger partial charge in [0.1, 0.15) is 0 Å². The normalized spacial score (nSPS) is 15.1. The van der Waals surface area contributed by atoms with Crippen LogP contribution in [0.4, 0.5) is 5.69 Å². The molecule has 0 amide bonds. The molecule has 0 bridgehead atoms. The van der Waals surface area contributed by atoms with Crippen LogP contribution in [0.15, 0.2) is 66.4 Å². The van der Waals surface area contributed by atoms with Gasteiger partial charge in [0.2, 0.25) is 0 Å². The van der Waals surface area contributed by atoms with Crippen LogP contribution >= 0.6 is 11.6 Å². The Balaban J connectivity index is 1.91. The van der Waals surface area contributed by atoms with Gasteiger partial charge in [-0.3, -0.25) is 4.79 Å². The van der Waals surface area contributed by atoms with E-state index in [9.17, 15) is 4.79 Å². The zero-order chi connectivity index (χ0) is 14.8. The highest BCUT2D eigenvalue weighted by Gasteiger charge is 2.14. The van der Waals surface area contributed by atoms with Crippen LogP contribution < -0.4 is 4.90 Å². The molecule has 0 N–H and O–H groups in total. The predicted octanol–water partition coefficient (Wildman–Crippen LogP) is 4.57. The second kappa shape index (κ2) is 5.58. The van der Waals surface area contributed by atoms with Crippen molar-refractivity contribution in [2.24, 2.45) is 0 Å². The molecule has 0 fully saturated rings. The Labute approximate surface area is 129 Å². The summed E-state index contributed by atoms with van der Waals surface area (Å²) in [6.45, 7) is 0. The number of fused-ring (bicyclic) bond motifs is 1. The number of para-hydroxylation sites is 1. The first-order valence-corrected chi connectivity index (χ1v) is 7.05. The van der Waals surface area contributed by atoms with Gasteiger partial charge in [-0.05, 0) is 42.0 Å². The van der Waals surface area contributed by atoms with Gasteiger partial charge < -0.3 is 4.90 Å². The van der Waals surface area contributed by atoms with E-state index in [0.717, 1.165) is 16.9 Å². The number of halogens is 1. The highest BCUT2D eigenvalue weighted by Crippen LogP contribution is 2.29. The van der Waals surface area contributed by atoms with Gasteiger partial charge >= 0.3 is 0 Å². The molecule has 3 rings (SSSR count). The summed E-state index contributed by atoms with van der Waals surface area (Å²) < 4.78 is 0. The van der Waals surface area contributed by atoms with Gasteiger partial charge in [0, 0.05) is 35.1 Å². The zero-order valence-corrected chi connectivity index (χ0v) is 12.3. The Kier molecular flexibility index (Phi) is 3.63. The predicted molar refractivity (Wildman–Crippen MR) is 87.7 cm³/mol. The number of nitrogens with zero attached hydrogens (tertiary/aromatic N) is 1. The van der Waals surface area contributed by atoms with Crippen molar-refractivity contribution in [3.8, 4) is 0 Å². The van der Waals surface area contributed by atoms with Crippen LogP contribution in [0.25, 0.3) is 6.08 Å². The fourth-order valence-corrected chi connectivity index (χ4v) is 2.46. The summed E-state index contributed by atoms with van der Waals surface area (Å²) in [5, 5.41) is 0.628. The smallest absolute Gasteiger partial charge is 0.187 e. The fraction of sp³-hybridized carbons (Fsp3) is 0.0556. The summed E-state index contributed by atoms with van der Waals surface area (Å²) >= 11 is 5.84. The van der Waals surface area contributed by atoms with E-state index in [1.165, 1.54) is 0 Å². The van der Waals surface area contributed by atoms with E-state index < -0.39 is 0 Å². The van der Waals surface area contributed by atoms with Crippen molar-refractivity contribution >= 4 is 29.1 Å². The monoisotopic (exact) mass is 295 g/mol. The first-order chi connectivity index (χ1) is 10.1. The number of anilines is 1. The molecule has 0 unspecified atom stereocenters. The summed E-state index contributed by atoms with van der Waals surface area (Å²) in [5.74, 6) is -0.0300. The van der Waals surface area contributed by atoms with Gasteiger partial charge in [0.05, 0.1) is 0 Å². The standard InChI is InChI=1S/C18H14ClNO/c1-20-16(11-8-13-4-2-3-5-17(13)20)12-18(21)14-6-9-15(19)10-7-14/h2-12H,1H3/b16-12+. The first kappa shape index (κ1) is 13.7. The summed E-state index contributed by atoms with van der Waals surface area (Å²) in [6, 6.07) is 15.0. The molecule has 0 aromatic heterocycles. The Bertz CT molecular complexity index is 744. The molecule has 0 atom stereocenters. The summed E-state index contributed by atoms with van der Waals surface area (Å²) in [7, 11) is 1.96. The molecule has 2 aromatic carbocycles. The minimum absolute atomic E-state index is 0.0300. The number of rotatable bonds is 2. The molecule has 0 radical (unpaired) electrons. The summed E-state index contributed by atoms with van der Waals surface area (Å²) in [4.78, 5) is 14.3. The van der Waals surface area contributed by atoms with E-state index in [1.54, 1.807) is 30.3 Å². The van der Waals surface area contributed by atoms with Crippen molar-refractivity contribution < 1.29 is 4.79 Å². The van der Waals surface area contributed by atoms with Crippen molar-refractivity contribution in [3.05, 3.63) is 82.5 Å². The van der Waals surface area contributed by atoms with Crippen LogP contribution in [-0.2, 0) is 0 Å². The first-order valence-electron chi connectivity index (χ1n) is 6.67. The van der Waals surface area contributed by atoms with Gasteiger partial charge in [0.15, 0.2) is 5.78 Å². The molecule has 2 aromatic rings. The third-order valence-electron chi connectivity index (χ3n) is 3.53. The van der Waals surface area contributed by atoms with Crippen LogP contribution in [0, 0.1) is 0 Å². The summed E-state index contributed by atoms with van der Waals surface area (Å²) in [6.07, 6.45) is 5.63. The highest BCUT2D eigenvalue weighted by molar-refractivity contribution is 6.30. The third kappa shape index (κ3) is 2.76. The topological polar surface area (TPSA) is 20.3 Å². The van der Waals surface area contributed by atoms with E-state index >= 15 is 0 Å². The number of ketones is 1. The lowest BCUT2D eigenvalue weighted by atomic mass is 10.0. The van der Waals surface area contributed by atoms with E-state index in [2.05, 4.69) is 6.07 Å². The average Bonchev–Trinajstić information content (AvgIpc) is 2.51. The highest BCUT2D eigenvalue weighted by atomic mass is 35.5. The molecule has 21 heavy (non-hydrogen) atoms. The molecule has 3 heteroatoms. The minimum Gasteiger partial charge on any atom is -0.344 e. The number of carbonyl (C=O) groups is 1. The van der Waals surface area contributed by atoms with E-state index in [4.69, 9.17) is 11.6 Å². The Hall–Kier alpha value is -2.32. The Morgan fingerprint density at radius 3 is 2.52 bits per heavy atom. The lowest BCUT2D eigenvalue weighted by molar-refractivity contribution is 0.104. The number of likely N-dealkylation sites (N-methyl/N-ethyl adjacent to an activating group) is 1. The largest absolute Gasteiger partial charge is 0.344 e. The van der Waals surface area contributed by atoms with Crippen LogP contribution in [0.1, 0.15) is 15.9 Å². The Morgan fingerprint density at radius 2 is 1.76 bits per heavy atom. The van der Waals surface area contributed by atoms with Gasteiger partial charge in [-0.25, -0.2) is 0 Å². The average molecular weight is 296 g/mol. The maximum absolute atomic E-state index is 12.3. The molecular weight excluding hydrogens is 282 g/mol. The molecule has 2 nitrogen and oxygen atoms in total. The number of benzene rings is 2. The van der Waals surface area contributed by atoms with Crippen molar-refractivity contribution in [1.82, 2.24) is 0 Å². The van der Waals surface area contributed by atoms with Crippen molar-refractivity contribution in [3.63, 3.8) is 0 Å². The van der Waals surface area contributed by atoms with Crippen LogP contribution in [0.5, 0.6) is 0 Å². The van der Waals surface area contributed by atoms with E-state index in [0.29, 0.717) is 10.6 Å². The number of allylic oxidation sites excluding steroid dienone is 2. The van der Waals surface area contributed by atoms with Crippen molar-refractivity contribution in [2.75, 3.05) is 11.9 Å². The zero-order valence-electron chi connectivity index (χ0n) is 11.6. The quantitative estimate of drug-likeness (QED) is 0.597. The van der Waals surface area contributed by atoms with Gasteiger partial charge in [-0.15, -0.1) is 0 Å². The minimum atomic E-state index is -0.0300. The van der Waals surface area contributed by atoms with E-state index in [-0.39, 0.29) is 5.78 Å². The second-order valence-corrected chi connectivity index (χ2v) is 5.33. The molecule has 1 aliphatic heterocycles. The number of carbonyl (C=O) groups excluding carboxylic acids is 1. The van der Waals surface area contributed by atoms with Gasteiger partial charge in [-0.2, -0.15) is 0 Å². The van der Waals surface area contributed by atoms with Crippen LogP contribution in [0.3, 0.4) is 0 Å². The third-order valence-corrected chi connectivity index (χ3v) is 3.78. The molecule has 0 aliphatic carbocycles. The van der Waals surface area contributed by atoms with Crippen LogP contribution in [-0.4, -0.2) is 12.8 Å². The number of hydrogen-bond donors (Lipinski definition) is 0. The van der Waals surface area contributed by atoms with E-state index in [1.807, 2.05) is 42.3 Å². The van der Waals surface area contributed by atoms with Gasteiger partial charge in [0.25, 0.3) is 0 Å². The molecule has 0 spiro atoms. The second-order valence-electron chi connectivity index (χ2n) is 4.89. The molecule has 0 saturated heterocycles.